The summed E-state index contributed by atoms with van der Waals surface area (Å²) in [6.07, 6.45) is 5.21. The van der Waals surface area contributed by atoms with E-state index in [1.165, 1.54) is 6.33 Å². The number of aromatic nitrogens is 4. The Morgan fingerprint density at radius 3 is 3.14 bits per heavy atom. The van der Waals surface area contributed by atoms with E-state index >= 15 is 0 Å². The predicted octanol–water partition coefficient (Wildman–Crippen LogP) is 3.90. The highest BCUT2D eigenvalue weighted by Gasteiger charge is 2.29. The molecule has 0 aliphatic heterocycles. The molecule has 0 unspecified atom stereocenters. The maximum Gasteiger partial charge on any atom is 0.306 e. The standard InChI is InChI=1S/C20H19N5O3S/c1-2-28-15-7-13-11(8-23-25-13)5-14(15)24-18-17-12-4-3-10(20(26)27)6-16(12)29-19(17)22-9-21-18/h5,7-10H,2-4,6H2,1H3,(H,23,25)(H,26,27)(H,21,22,24)/t10-/m1/s1. The van der Waals surface area contributed by atoms with Crippen LogP contribution in [0, 0.1) is 5.92 Å². The van der Waals surface area contributed by atoms with Crippen molar-refractivity contribution in [3.63, 3.8) is 0 Å². The Kier molecular flexibility index (Phi) is 4.31. The molecule has 0 saturated heterocycles. The highest BCUT2D eigenvalue weighted by Crippen LogP contribution is 2.41. The maximum absolute atomic E-state index is 11.4. The van der Waals surface area contributed by atoms with Gasteiger partial charge in [0.25, 0.3) is 0 Å². The third kappa shape index (κ3) is 3.07. The second-order valence-corrected chi connectivity index (χ2v) is 8.13. The number of fused-ring (bicyclic) bond motifs is 4. The van der Waals surface area contributed by atoms with Gasteiger partial charge in [0.15, 0.2) is 0 Å². The zero-order chi connectivity index (χ0) is 20.0. The summed E-state index contributed by atoms with van der Waals surface area (Å²) in [5.74, 6) is 0.372. The molecule has 1 aromatic carbocycles. The third-order valence-electron chi connectivity index (χ3n) is 5.29. The summed E-state index contributed by atoms with van der Waals surface area (Å²) >= 11 is 1.56. The lowest BCUT2D eigenvalue weighted by Crippen LogP contribution is -2.21. The van der Waals surface area contributed by atoms with Crippen LogP contribution < -0.4 is 10.1 Å². The van der Waals surface area contributed by atoms with Gasteiger partial charge >= 0.3 is 5.97 Å². The van der Waals surface area contributed by atoms with Gasteiger partial charge in [-0.05, 0) is 37.8 Å². The summed E-state index contributed by atoms with van der Waals surface area (Å²) in [5, 5.41) is 21.8. The Morgan fingerprint density at radius 2 is 2.31 bits per heavy atom. The number of aryl methyl sites for hydroxylation is 1. The molecular formula is C20H19N5O3S. The molecule has 0 radical (unpaired) electrons. The van der Waals surface area contributed by atoms with Gasteiger partial charge in [-0.3, -0.25) is 9.89 Å². The van der Waals surface area contributed by atoms with Crippen LogP contribution in [-0.4, -0.2) is 37.8 Å². The normalized spacial score (nSPS) is 16.1. The number of hydrogen-bond acceptors (Lipinski definition) is 7. The van der Waals surface area contributed by atoms with E-state index in [0.29, 0.717) is 37.4 Å². The second-order valence-electron chi connectivity index (χ2n) is 7.05. The Hall–Kier alpha value is -3.20. The first-order valence-corrected chi connectivity index (χ1v) is 10.3. The molecule has 0 saturated carbocycles. The fraction of sp³-hybridized carbons (Fsp3) is 0.300. The van der Waals surface area contributed by atoms with E-state index in [4.69, 9.17) is 4.74 Å². The molecule has 3 aromatic heterocycles. The van der Waals surface area contributed by atoms with Crippen molar-refractivity contribution in [3.05, 3.63) is 35.1 Å². The maximum atomic E-state index is 11.4. The van der Waals surface area contributed by atoms with Crippen molar-refractivity contribution in [1.29, 1.82) is 0 Å². The van der Waals surface area contributed by atoms with E-state index in [2.05, 4.69) is 25.5 Å². The van der Waals surface area contributed by atoms with E-state index in [9.17, 15) is 9.90 Å². The number of anilines is 2. The average molecular weight is 409 g/mol. The SMILES string of the molecule is CCOc1cc2[nH]ncc2cc1Nc1ncnc2sc3c(c12)CC[C@@H](C(=O)O)C3. The number of H-pyrrole nitrogens is 1. The van der Waals surface area contributed by atoms with E-state index in [-0.39, 0.29) is 5.92 Å². The molecule has 4 aromatic rings. The van der Waals surface area contributed by atoms with Gasteiger partial charge in [0.05, 0.1) is 35.3 Å². The predicted molar refractivity (Wildman–Crippen MR) is 111 cm³/mol. The number of carboxylic acids is 1. The summed E-state index contributed by atoms with van der Waals surface area (Å²) in [6.45, 7) is 2.48. The molecule has 3 heterocycles. The second kappa shape index (κ2) is 7.00. The minimum atomic E-state index is -0.729. The molecule has 0 bridgehead atoms. The zero-order valence-electron chi connectivity index (χ0n) is 15.7. The van der Waals surface area contributed by atoms with Gasteiger partial charge in [-0.15, -0.1) is 11.3 Å². The number of aromatic amines is 1. The first kappa shape index (κ1) is 17.9. The number of aliphatic carboxylic acids is 1. The molecule has 1 aliphatic rings. The van der Waals surface area contributed by atoms with E-state index in [0.717, 1.165) is 37.2 Å². The number of hydrogen-bond donors (Lipinski definition) is 3. The summed E-state index contributed by atoms with van der Waals surface area (Å²) in [5.41, 5.74) is 2.87. The van der Waals surface area contributed by atoms with Gasteiger partial charge < -0.3 is 15.2 Å². The number of nitrogens with one attached hydrogen (secondary N) is 2. The molecule has 148 valence electrons. The van der Waals surface area contributed by atoms with E-state index < -0.39 is 5.97 Å². The first-order valence-electron chi connectivity index (χ1n) is 9.49. The summed E-state index contributed by atoms with van der Waals surface area (Å²) in [4.78, 5) is 22.3. The van der Waals surface area contributed by atoms with Crippen LogP contribution in [0.1, 0.15) is 23.8 Å². The molecule has 1 atom stereocenters. The van der Waals surface area contributed by atoms with Gasteiger partial charge in [0.2, 0.25) is 0 Å². The van der Waals surface area contributed by atoms with E-state index in [1.54, 1.807) is 17.5 Å². The van der Waals surface area contributed by atoms with Gasteiger partial charge in [-0.1, -0.05) is 0 Å². The number of ether oxygens (including phenoxy) is 1. The first-order chi connectivity index (χ1) is 14.1. The van der Waals surface area contributed by atoms with Crippen LogP contribution in [0.5, 0.6) is 5.75 Å². The highest BCUT2D eigenvalue weighted by molar-refractivity contribution is 7.19. The van der Waals surface area contributed by atoms with Crippen LogP contribution in [0.15, 0.2) is 24.7 Å². The van der Waals surface area contributed by atoms with Crippen molar-refractivity contribution >= 4 is 49.9 Å². The molecule has 1 aliphatic carbocycles. The third-order valence-corrected chi connectivity index (χ3v) is 6.45. The van der Waals surface area contributed by atoms with Crippen molar-refractivity contribution < 1.29 is 14.6 Å². The number of nitrogens with zero attached hydrogens (tertiary/aromatic N) is 3. The lowest BCUT2D eigenvalue weighted by atomic mass is 9.88. The van der Waals surface area contributed by atoms with Crippen LogP contribution in [0.3, 0.4) is 0 Å². The number of carboxylic acid groups (broad SMARTS) is 1. The van der Waals surface area contributed by atoms with Crippen molar-refractivity contribution in [1.82, 2.24) is 20.2 Å². The Labute approximate surface area is 169 Å². The van der Waals surface area contributed by atoms with Crippen LogP contribution >= 0.6 is 11.3 Å². The molecule has 5 rings (SSSR count). The highest BCUT2D eigenvalue weighted by atomic mass is 32.1. The lowest BCUT2D eigenvalue weighted by Gasteiger charge is -2.19. The fourth-order valence-corrected chi connectivity index (χ4v) is 5.15. The van der Waals surface area contributed by atoms with Crippen LogP contribution in [0.4, 0.5) is 11.5 Å². The Balaban J connectivity index is 1.59. The number of carbonyl (C=O) groups is 1. The van der Waals surface area contributed by atoms with Crippen LogP contribution in [-0.2, 0) is 17.6 Å². The van der Waals surface area contributed by atoms with Crippen LogP contribution in [0.2, 0.25) is 0 Å². The molecule has 3 N–H and O–H groups in total. The average Bonchev–Trinajstić information content (AvgIpc) is 3.31. The molecule has 9 heteroatoms. The van der Waals surface area contributed by atoms with Crippen molar-refractivity contribution in [2.24, 2.45) is 5.92 Å². The largest absolute Gasteiger partial charge is 0.492 e. The van der Waals surface area contributed by atoms with Crippen molar-refractivity contribution in [2.45, 2.75) is 26.2 Å². The minimum absolute atomic E-state index is 0.326. The number of rotatable bonds is 5. The monoisotopic (exact) mass is 409 g/mol. The minimum Gasteiger partial charge on any atom is -0.492 e. The smallest absolute Gasteiger partial charge is 0.306 e. The summed E-state index contributed by atoms with van der Waals surface area (Å²) in [6, 6.07) is 3.91. The van der Waals surface area contributed by atoms with Gasteiger partial charge in [-0.2, -0.15) is 5.10 Å². The quantitative estimate of drug-likeness (QED) is 0.458. The fourth-order valence-electron chi connectivity index (χ4n) is 3.89. The molecule has 8 nitrogen and oxygen atoms in total. The van der Waals surface area contributed by atoms with Crippen molar-refractivity contribution in [2.75, 3.05) is 11.9 Å². The molecule has 0 spiro atoms. The zero-order valence-corrected chi connectivity index (χ0v) is 16.5. The summed E-state index contributed by atoms with van der Waals surface area (Å²) in [7, 11) is 0. The molecular weight excluding hydrogens is 390 g/mol. The summed E-state index contributed by atoms with van der Waals surface area (Å²) < 4.78 is 5.82. The topological polar surface area (TPSA) is 113 Å². The molecule has 0 amide bonds. The lowest BCUT2D eigenvalue weighted by molar-refractivity contribution is -0.142. The molecule has 0 fully saturated rings. The van der Waals surface area contributed by atoms with Gasteiger partial charge in [0, 0.05) is 16.3 Å². The van der Waals surface area contributed by atoms with Crippen molar-refractivity contribution in [3.8, 4) is 5.75 Å². The van der Waals surface area contributed by atoms with E-state index in [1.807, 2.05) is 19.1 Å². The Bertz CT molecular complexity index is 1230. The number of thiophene rings is 1. The van der Waals surface area contributed by atoms with Gasteiger partial charge in [0.1, 0.15) is 22.7 Å². The Morgan fingerprint density at radius 1 is 1.41 bits per heavy atom. The number of benzene rings is 1. The van der Waals surface area contributed by atoms with Crippen LogP contribution in [0.25, 0.3) is 21.1 Å². The van der Waals surface area contributed by atoms with Gasteiger partial charge in [-0.25, -0.2) is 9.97 Å². The molecule has 29 heavy (non-hydrogen) atoms.